The van der Waals surface area contributed by atoms with Gasteiger partial charge < -0.3 is 10.6 Å². The Morgan fingerprint density at radius 3 is 2.65 bits per heavy atom. The first-order valence-electron chi connectivity index (χ1n) is 5.30. The normalized spacial score (nSPS) is 16.4. The number of nitrogens with zero attached hydrogens (tertiary/aromatic N) is 2. The Morgan fingerprint density at radius 1 is 1.47 bits per heavy atom. The van der Waals surface area contributed by atoms with Crippen molar-refractivity contribution in [2.24, 2.45) is 0 Å². The third kappa shape index (κ3) is 2.41. The number of sulfone groups is 1. The summed E-state index contributed by atoms with van der Waals surface area (Å²) in [5.74, 6) is -0.946. The maximum absolute atomic E-state index is 11.9. The third-order valence-corrected chi connectivity index (χ3v) is 4.36. The zero-order valence-electron chi connectivity index (χ0n) is 9.22. The smallest absolute Gasteiger partial charge is 0.238 e. The number of aromatic amines is 1. The first kappa shape index (κ1) is 11.9. The third-order valence-electron chi connectivity index (χ3n) is 2.74. The van der Waals surface area contributed by atoms with Crippen LogP contribution in [0.4, 0.5) is 5.82 Å². The Bertz CT molecular complexity index is 516. The number of hydrogen-bond acceptors (Lipinski definition) is 5. The van der Waals surface area contributed by atoms with E-state index in [4.69, 9.17) is 5.73 Å². The lowest BCUT2D eigenvalue weighted by atomic mass is 10.4. The monoisotopic (exact) mass is 258 g/mol. The Kier molecular flexibility index (Phi) is 3.05. The highest BCUT2D eigenvalue weighted by Gasteiger charge is 2.27. The van der Waals surface area contributed by atoms with Gasteiger partial charge in [0.05, 0.1) is 6.20 Å². The van der Waals surface area contributed by atoms with Gasteiger partial charge in [0.1, 0.15) is 16.5 Å². The van der Waals surface area contributed by atoms with E-state index in [1.165, 1.54) is 0 Å². The Hall–Kier alpha value is -1.57. The SMILES string of the molecule is Nc1[nH]ncc1S(=O)(=O)CC(=O)N1CCCC1. The Balaban J connectivity index is 2.12. The summed E-state index contributed by atoms with van der Waals surface area (Å²) in [5.41, 5.74) is 5.43. The lowest BCUT2D eigenvalue weighted by Crippen LogP contribution is -2.33. The number of nitrogens with two attached hydrogens (primary N) is 1. The van der Waals surface area contributed by atoms with Crippen molar-refractivity contribution in [2.45, 2.75) is 17.7 Å². The van der Waals surface area contributed by atoms with Gasteiger partial charge in [0, 0.05) is 13.1 Å². The maximum Gasteiger partial charge on any atom is 0.238 e. The largest absolute Gasteiger partial charge is 0.383 e. The molecule has 94 valence electrons. The molecule has 0 radical (unpaired) electrons. The minimum atomic E-state index is -3.69. The average molecular weight is 258 g/mol. The molecule has 1 fully saturated rings. The molecule has 0 bridgehead atoms. The number of nitrogens with one attached hydrogen (secondary N) is 1. The zero-order chi connectivity index (χ0) is 12.5. The molecule has 1 aliphatic heterocycles. The summed E-state index contributed by atoms with van der Waals surface area (Å²) in [4.78, 5) is 13.2. The van der Waals surface area contributed by atoms with Gasteiger partial charge in [-0.15, -0.1) is 0 Å². The van der Waals surface area contributed by atoms with Crippen LogP contribution in [0.1, 0.15) is 12.8 Å². The van der Waals surface area contributed by atoms with Crippen LogP contribution in [0.2, 0.25) is 0 Å². The van der Waals surface area contributed by atoms with Gasteiger partial charge in [0.2, 0.25) is 5.91 Å². The second-order valence-corrected chi connectivity index (χ2v) is 5.95. The fourth-order valence-electron chi connectivity index (χ4n) is 1.83. The Labute approximate surface area is 98.9 Å². The minimum absolute atomic E-state index is 0.0285. The minimum Gasteiger partial charge on any atom is -0.383 e. The number of hydrogen-bond donors (Lipinski definition) is 2. The number of anilines is 1. The van der Waals surface area contributed by atoms with Crippen LogP contribution in [-0.4, -0.2) is 48.3 Å². The molecule has 1 amide bonds. The summed E-state index contributed by atoms with van der Waals surface area (Å²) in [5, 5.41) is 5.88. The van der Waals surface area contributed by atoms with Crippen molar-refractivity contribution in [1.29, 1.82) is 0 Å². The number of H-pyrrole nitrogens is 1. The van der Waals surface area contributed by atoms with Crippen LogP contribution in [0.5, 0.6) is 0 Å². The first-order chi connectivity index (χ1) is 8.00. The molecule has 17 heavy (non-hydrogen) atoms. The number of carbonyl (C=O) groups excluding carboxylic acids is 1. The molecule has 0 aliphatic carbocycles. The molecular formula is C9H14N4O3S. The maximum atomic E-state index is 11.9. The van der Waals surface area contributed by atoms with Crippen LogP contribution in [-0.2, 0) is 14.6 Å². The second kappa shape index (κ2) is 4.36. The van der Waals surface area contributed by atoms with E-state index >= 15 is 0 Å². The van der Waals surface area contributed by atoms with E-state index in [2.05, 4.69) is 10.2 Å². The van der Waals surface area contributed by atoms with Crippen molar-refractivity contribution in [2.75, 3.05) is 24.6 Å². The number of likely N-dealkylation sites (tertiary alicyclic amines) is 1. The molecule has 1 aromatic rings. The van der Waals surface area contributed by atoms with Crippen LogP contribution >= 0.6 is 0 Å². The molecule has 0 aromatic carbocycles. The van der Waals surface area contributed by atoms with Crippen LogP contribution in [0.25, 0.3) is 0 Å². The lowest BCUT2D eigenvalue weighted by Gasteiger charge is -2.14. The average Bonchev–Trinajstić information content (AvgIpc) is 2.85. The van der Waals surface area contributed by atoms with Crippen molar-refractivity contribution in [3.8, 4) is 0 Å². The number of rotatable bonds is 3. The molecule has 0 spiro atoms. The van der Waals surface area contributed by atoms with E-state index in [9.17, 15) is 13.2 Å². The predicted octanol–water partition coefficient (Wildman–Crippen LogP) is -0.612. The molecular weight excluding hydrogens is 244 g/mol. The van der Waals surface area contributed by atoms with Crippen molar-refractivity contribution >= 4 is 21.6 Å². The van der Waals surface area contributed by atoms with Gasteiger partial charge in [-0.2, -0.15) is 5.10 Å². The molecule has 0 unspecified atom stereocenters. The molecule has 2 rings (SSSR count). The van der Waals surface area contributed by atoms with Crippen molar-refractivity contribution < 1.29 is 13.2 Å². The molecule has 7 nitrogen and oxygen atoms in total. The van der Waals surface area contributed by atoms with Gasteiger partial charge in [0.15, 0.2) is 9.84 Å². The Morgan fingerprint density at radius 2 is 2.12 bits per heavy atom. The molecule has 0 saturated carbocycles. The topological polar surface area (TPSA) is 109 Å². The van der Waals surface area contributed by atoms with Crippen molar-refractivity contribution in [3.05, 3.63) is 6.20 Å². The first-order valence-corrected chi connectivity index (χ1v) is 6.95. The quantitative estimate of drug-likeness (QED) is 0.751. The fraction of sp³-hybridized carbons (Fsp3) is 0.556. The van der Waals surface area contributed by atoms with E-state index in [1.807, 2.05) is 0 Å². The van der Waals surface area contributed by atoms with Crippen LogP contribution in [0.3, 0.4) is 0 Å². The van der Waals surface area contributed by atoms with E-state index in [0.717, 1.165) is 19.0 Å². The zero-order valence-corrected chi connectivity index (χ0v) is 10.0. The molecule has 3 N–H and O–H groups in total. The molecule has 8 heteroatoms. The van der Waals surface area contributed by atoms with E-state index in [-0.39, 0.29) is 16.6 Å². The van der Waals surface area contributed by atoms with Gasteiger partial charge in [-0.05, 0) is 12.8 Å². The van der Waals surface area contributed by atoms with Crippen molar-refractivity contribution in [1.82, 2.24) is 15.1 Å². The van der Waals surface area contributed by atoms with E-state index < -0.39 is 15.6 Å². The summed E-state index contributed by atoms with van der Waals surface area (Å²) in [7, 11) is -3.69. The van der Waals surface area contributed by atoms with Crippen LogP contribution in [0.15, 0.2) is 11.1 Å². The van der Waals surface area contributed by atoms with Crippen molar-refractivity contribution in [3.63, 3.8) is 0 Å². The van der Waals surface area contributed by atoms with E-state index in [0.29, 0.717) is 13.1 Å². The highest BCUT2D eigenvalue weighted by molar-refractivity contribution is 7.92. The molecule has 1 saturated heterocycles. The number of carbonyl (C=O) groups is 1. The lowest BCUT2D eigenvalue weighted by molar-refractivity contribution is -0.127. The molecule has 2 heterocycles. The molecule has 1 aromatic heterocycles. The van der Waals surface area contributed by atoms with Crippen LogP contribution in [0, 0.1) is 0 Å². The summed E-state index contributed by atoms with van der Waals surface area (Å²) >= 11 is 0. The number of amides is 1. The van der Waals surface area contributed by atoms with Gasteiger partial charge >= 0.3 is 0 Å². The van der Waals surface area contributed by atoms with Gasteiger partial charge in [-0.3, -0.25) is 9.89 Å². The summed E-state index contributed by atoms with van der Waals surface area (Å²) < 4.78 is 23.8. The fourth-order valence-corrected chi connectivity index (χ4v) is 3.09. The number of aromatic nitrogens is 2. The molecule has 0 atom stereocenters. The summed E-state index contributed by atoms with van der Waals surface area (Å²) in [6, 6.07) is 0. The van der Waals surface area contributed by atoms with E-state index in [1.54, 1.807) is 4.90 Å². The highest BCUT2D eigenvalue weighted by atomic mass is 32.2. The van der Waals surface area contributed by atoms with Gasteiger partial charge in [-0.1, -0.05) is 0 Å². The number of nitrogen functional groups attached to an aromatic ring is 1. The van der Waals surface area contributed by atoms with Gasteiger partial charge in [0.25, 0.3) is 0 Å². The summed E-state index contributed by atoms with van der Waals surface area (Å²) in [6.45, 7) is 1.27. The standard InChI is InChI=1S/C9H14N4O3S/c10-9-7(5-11-12-9)17(15,16)6-8(14)13-3-1-2-4-13/h5H,1-4,6H2,(H3,10,11,12). The van der Waals surface area contributed by atoms with Crippen LogP contribution < -0.4 is 5.73 Å². The van der Waals surface area contributed by atoms with Gasteiger partial charge in [-0.25, -0.2) is 8.42 Å². The highest BCUT2D eigenvalue weighted by Crippen LogP contribution is 2.17. The second-order valence-electron chi connectivity index (χ2n) is 3.99. The molecule has 1 aliphatic rings. The summed E-state index contributed by atoms with van der Waals surface area (Å²) in [6.07, 6.45) is 2.99. The predicted molar refractivity (Wildman–Crippen MR) is 60.9 cm³/mol.